The molecule has 4 aliphatic rings. The molecular weight excluding hydrogens is 444 g/mol. The lowest BCUT2D eigenvalue weighted by Crippen LogP contribution is -2.48. The van der Waals surface area contributed by atoms with E-state index in [9.17, 15) is 4.79 Å². The number of carbonyl (C=O) groups is 1. The quantitative estimate of drug-likeness (QED) is 0.336. The largest absolute Gasteiger partial charge is 0.465 e. The Kier molecular flexibility index (Phi) is 6.20. The topological polar surface area (TPSA) is 50.4 Å². The molecule has 4 aliphatic carbocycles. The molecule has 0 unspecified atom stereocenters. The van der Waals surface area contributed by atoms with Gasteiger partial charge in [-0.25, -0.2) is 4.79 Å². The molecular formula is C32H36N2O2. The highest BCUT2D eigenvalue weighted by atomic mass is 16.5. The molecule has 4 nitrogen and oxygen atoms in total. The molecule has 0 aromatic heterocycles. The van der Waals surface area contributed by atoms with Crippen LogP contribution in [-0.4, -0.2) is 13.1 Å². The van der Waals surface area contributed by atoms with Gasteiger partial charge in [-0.1, -0.05) is 48.5 Å². The van der Waals surface area contributed by atoms with Gasteiger partial charge in [0.1, 0.15) is 0 Å². The smallest absolute Gasteiger partial charge is 0.339 e. The fourth-order valence-corrected chi connectivity index (χ4v) is 7.51. The normalized spacial score (nSPS) is 26.0. The standard InChI is InChI=1S/C32H36N2O2/c1-36-31(35)29-4-2-3-5-30(29)34-21-23-8-12-28(13-9-23)33-20-22-6-10-27(11-7-22)32-17-24-14-25(18-32)16-26(15-24)19-32/h2-13,24-26,33-34H,14-21H2,1H3. The Morgan fingerprint density at radius 2 is 1.33 bits per heavy atom. The highest BCUT2D eigenvalue weighted by molar-refractivity contribution is 5.95. The first-order chi connectivity index (χ1) is 17.6. The second kappa shape index (κ2) is 9.65. The molecule has 0 amide bonds. The molecule has 0 radical (unpaired) electrons. The minimum Gasteiger partial charge on any atom is -0.465 e. The Balaban J connectivity index is 1.04. The third kappa shape index (κ3) is 4.61. The number of rotatable bonds is 8. The Labute approximate surface area is 214 Å². The summed E-state index contributed by atoms with van der Waals surface area (Å²) in [6, 6.07) is 25.4. The number of nitrogens with one attached hydrogen (secondary N) is 2. The number of hydrogen-bond acceptors (Lipinski definition) is 4. The average Bonchev–Trinajstić information content (AvgIpc) is 2.90. The van der Waals surface area contributed by atoms with Crippen LogP contribution in [-0.2, 0) is 23.2 Å². The van der Waals surface area contributed by atoms with Crippen molar-refractivity contribution in [2.24, 2.45) is 17.8 Å². The van der Waals surface area contributed by atoms with Gasteiger partial charge in [-0.3, -0.25) is 0 Å². The fraction of sp³-hybridized carbons (Fsp3) is 0.406. The van der Waals surface area contributed by atoms with Crippen molar-refractivity contribution in [1.82, 2.24) is 0 Å². The first-order valence-electron chi connectivity index (χ1n) is 13.4. The number of esters is 1. The van der Waals surface area contributed by atoms with Crippen molar-refractivity contribution < 1.29 is 9.53 Å². The van der Waals surface area contributed by atoms with Crippen LogP contribution in [0.3, 0.4) is 0 Å². The molecule has 0 atom stereocenters. The van der Waals surface area contributed by atoms with Crippen LogP contribution in [0.1, 0.15) is 65.6 Å². The Morgan fingerprint density at radius 3 is 1.94 bits per heavy atom. The molecule has 4 heteroatoms. The van der Waals surface area contributed by atoms with Gasteiger partial charge in [0.15, 0.2) is 0 Å². The summed E-state index contributed by atoms with van der Waals surface area (Å²) in [7, 11) is 1.41. The van der Waals surface area contributed by atoms with E-state index in [0.717, 1.165) is 41.2 Å². The van der Waals surface area contributed by atoms with Crippen LogP contribution in [0.25, 0.3) is 0 Å². The molecule has 0 spiro atoms. The van der Waals surface area contributed by atoms with Crippen molar-refractivity contribution in [3.05, 3.63) is 95.1 Å². The van der Waals surface area contributed by atoms with Crippen LogP contribution >= 0.6 is 0 Å². The van der Waals surface area contributed by atoms with E-state index < -0.39 is 0 Å². The first-order valence-corrected chi connectivity index (χ1v) is 13.4. The summed E-state index contributed by atoms with van der Waals surface area (Å²) < 4.78 is 4.88. The summed E-state index contributed by atoms with van der Waals surface area (Å²) in [5.74, 6) is 2.62. The van der Waals surface area contributed by atoms with Crippen LogP contribution < -0.4 is 10.6 Å². The first kappa shape index (κ1) is 23.1. The molecule has 7 rings (SSSR count). The number of para-hydroxylation sites is 1. The molecule has 36 heavy (non-hydrogen) atoms. The van der Waals surface area contributed by atoms with E-state index in [-0.39, 0.29) is 5.97 Å². The molecule has 4 fully saturated rings. The number of hydrogen-bond donors (Lipinski definition) is 2. The zero-order valence-electron chi connectivity index (χ0n) is 21.1. The van der Waals surface area contributed by atoms with Crippen molar-refractivity contribution in [2.45, 2.75) is 57.0 Å². The molecule has 0 saturated heterocycles. The minimum atomic E-state index is -0.330. The van der Waals surface area contributed by atoms with Crippen molar-refractivity contribution in [1.29, 1.82) is 0 Å². The highest BCUT2D eigenvalue weighted by Crippen LogP contribution is 2.60. The molecule has 3 aromatic carbocycles. The lowest BCUT2D eigenvalue weighted by molar-refractivity contribution is -0.00519. The second-order valence-electron chi connectivity index (χ2n) is 11.3. The molecule has 0 aliphatic heterocycles. The molecule has 2 N–H and O–H groups in total. The van der Waals surface area contributed by atoms with Crippen LogP contribution in [0.15, 0.2) is 72.8 Å². The summed E-state index contributed by atoms with van der Waals surface area (Å²) in [5, 5.41) is 6.92. The van der Waals surface area contributed by atoms with Gasteiger partial charge in [0, 0.05) is 24.5 Å². The summed E-state index contributed by atoms with van der Waals surface area (Å²) in [5.41, 5.74) is 6.99. The van der Waals surface area contributed by atoms with Crippen LogP contribution in [0, 0.1) is 17.8 Å². The van der Waals surface area contributed by atoms with Gasteiger partial charge in [-0.15, -0.1) is 0 Å². The van der Waals surface area contributed by atoms with Gasteiger partial charge < -0.3 is 15.4 Å². The van der Waals surface area contributed by atoms with E-state index in [0.29, 0.717) is 17.5 Å². The van der Waals surface area contributed by atoms with Crippen molar-refractivity contribution in [3.63, 3.8) is 0 Å². The Hall–Kier alpha value is -3.27. The predicted octanol–water partition coefficient (Wildman–Crippen LogP) is 7.17. The van der Waals surface area contributed by atoms with E-state index in [1.165, 1.54) is 51.2 Å². The van der Waals surface area contributed by atoms with Crippen molar-refractivity contribution in [3.8, 4) is 0 Å². The average molecular weight is 481 g/mol. The third-order valence-electron chi connectivity index (χ3n) is 8.87. The molecule has 4 bridgehead atoms. The van der Waals surface area contributed by atoms with E-state index in [1.807, 2.05) is 18.2 Å². The number of ether oxygens (including phenoxy) is 1. The van der Waals surface area contributed by atoms with E-state index in [4.69, 9.17) is 4.74 Å². The van der Waals surface area contributed by atoms with Gasteiger partial charge in [-0.05, 0) is 103 Å². The van der Waals surface area contributed by atoms with E-state index >= 15 is 0 Å². The third-order valence-corrected chi connectivity index (χ3v) is 8.87. The minimum absolute atomic E-state index is 0.330. The highest BCUT2D eigenvalue weighted by Gasteiger charge is 2.51. The fourth-order valence-electron chi connectivity index (χ4n) is 7.51. The maximum Gasteiger partial charge on any atom is 0.339 e. The Bertz CT molecular complexity index is 1180. The SMILES string of the molecule is COC(=O)c1ccccc1NCc1ccc(NCc2ccc(C34CC5CC(CC(C5)C3)C4)cc2)cc1. The molecule has 0 heterocycles. The van der Waals surface area contributed by atoms with Gasteiger partial charge in [0.25, 0.3) is 0 Å². The maximum atomic E-state index is 12.0. The monoisotopic (exact) mass is 480 g/mol. The zero-order valence-corrected chi connectivity index (χ0v) is 21.1. The van der Waals surface area contributed by atoms with Crippen LogP contribution in [0.2, 0.25) is 0 Å². The number of methoxy groups -OCH3 is 1. The molecule has 3 aromatic rings. The van der Waals surface area contributed by atoms with E-state index in [2.05, 4.69) is 59.2 Å². The summed E-state index contributed by atoms with van der Waals surface area (Å²) in [6.07, 6.45) is 8.76. The summed E-state index contributed by atoms with van der Waals surface area (Å²) >= 11 is 0. The van der Waals surface area contributed by atoms with Crippen LogP contribution in [0.5, 0.6) is 0 Å². The van der Waals surface area contributed by atoms with Gasteiger partial charge in [-0.2, -0.15) is 0 Å². The number of anilines is 2. The lowest BCUT2D eigenvalue weighted by Gasteiger charge is -2.57. The van der Waals surface area contributed by atoms with Crippen molar-refractivity contribution >= 4 is 17.3 Å². The van der Waals surface area contributed by atoms with E-state index in [1.54, 1.807) is 11.6 Å². The summed E-state index contributed by atoms with van der Waals surface area (Å²) in [6.45, 7) is 1.46. The Morgan fingerprint density at radius 1 is 0.778 bits per heavy atom. The van der Waals surface area contributed by atoms with Crippen molar-refractivity contribution in [2.75, 3.05) is 17.7 Å². The number of benzene rings is 3. The number of carbonyl (C=O) groups excluding carboxylic acids is 1. The van der Waals surface area contributed by atoms with Gasteiger partial charge in [0.2, 0.25) is 0 Å². The molecule has 186 valence electrons. The maximum absolute atomic E-state index is 12.0. The van der Waals surface area contributed by atoms with Crippen LogP contribution in [0.4, 0.5) is 11.4 Å². The van der Waals surface area contributed by atoms with Gasteiger partial charge in [0.05, 0.1) is 12.7 Å². The second-order valence-corrected chi connectivity index (χ2v) is 11.3. The lowest BCUT2D eigenvalue weighted by atomic mass is 9.48. The predicted molar refractivity (Wildman–Crippen MR) is 145 cm³/mol. The molecule has 4 saturated carbocycles. The summed E-state index contributed by atoms with van der Waals surface area (Å²) in [4.78, 5) is 12.0. The zero-order chi connectivity index (χ0) is 24.5. The van der Waals surface area contributed by atoms with Gasteiger partial charge >= 0.3 is 5.97 Å².